The van der Waals surface area contributed by atoms with Crippen molar-refractivity contribution in [2.24, 2.45) is 0 Å². The van der Waals surface area contributed by atoms with E-state index in [1.165, 1.54) is 6.92 Å². The number of nitrogens with zero attached hydrogens (tertiary/aromatic N) is 2. The highest BCUT2D eigenvalue weighted by Gasteiger charge is 1.79. The maximum Gasteiger partial charge on any atom is 0.216 e. The first-order chi connectivity index (χ1) is 6.16. The van der Waals surface area contributed by atoms with E-state index in [4.69, 9.17) is 0 Å². The normalized spacial score (nSPS) is 8.23. The molecule has 4 nitrogen and oxygen atoms in total. The Bertz CT molecular complexity index is 236. The zero-order chi connectivity index (χ0) is 10.1. The SMILES string of the molecule is CCNC(C)=O.Cc1ncccn1. The molecule has 1 aromatic heterocycles. The van der Waals surface area contributed by atoms with Crippen LogP contribution in [-0.2, 0) is 4.79 Å². The molecule has 1 rings (SSSR count). The summed E-state index contributed by atoms with van der Waals surface area (Å²) in [5.74, 6) is 0.861. The van der Waals surface area contributed by atoms with Crippen LogP contribution in [0.3, 0.4) is 0 Å². The fourth-order valence-corrected chi connectivity index (χ4v) is 0.623. The van der Waals surface area contributed by atoms with E-state index in [9.17, 15) is 4.79 Å². The van der Waals surface area contributed by atoms with Crippen molar-refractivity contribution in [3.8, 4) is 0 Å². The molecule has 0 aliphatic carbocycles. The molecule has 4 heteroatoms. The summed E-state index contributed by atoms with van der Waals surface area (Å²) in [6, 6.07) is 1.80. The minimum Gasteiger partial charge on any atom is -0.357 e. The largest absolute Gasteiger partial charge is 0.357 e. The first kappa shape index (κ1) is 11.6. The minimum atomic E-state index is 0.0394. The van der Waals surface area contributed by atoms with Crippen LogP contribution in [0.15, 0.2) is 18.5 Å². The molecule has 0 fully saturated rings. The fraction of sp³-hybridized carbons (Fsp3) is 0.444. The van der Waals surface area contributed by atoms with Crippen LogP contribution in [0.5, 0.6) is 0 Å². The predicted octanol–water partition coefficient (Wildman–Crippen LogP) is 0.927. The monoisotopic (exact) mass is 181 g/mol. The van der Waals surface area contributed by atoms with Gasteiger partial charge in [0, 0.05) is 25.9 Å². The lowest BCUT2D eigenvalue weighted by Gasteiger charge is -1.88. The minimum absolute atomic E-state index is 0.0394. The second-order valence-corrected chi connectivity index (χ2v) is 2.38. The number of aromatic nitrogens is 2. The van der Waals surface area contributed by atoms with E-state index in [0.717, 1.165) is 12.4 Å². The first-order valence-corrected chi connectivity index (χ1v) is 4.15. The van der Waals surface area contributed by atoms with E-state index >= 15 is 0 Å². The molecular weight excluding hydrogens is 166 g/mol. The summed E-state index contributed by atoms with van der Waals surface area (Å²) in [7, 11) is 0. The number of rotatable bonds is 1. The second kappa shape index (κ2) is 7.21. The van der Waals surface area contributed by atoms with Crippen LogP contribution >= 0.6 is 0 Å². The molecule has 0 aromatic carbocycles. The van der Waals surface area contributed by atoms with Crippen molar-refractivity contribution in [3.63, 3.8) is 0 Å². The average molecular weight is 181 g/mol. The Kier molecular flexibility index (Phi) is 6.41. The standard InChI is InChI=1S/C5H6N2.C4H9NO/c1-5-6-3-2-4-7-5;1-3-5-4(2)6/h2-4H,1H3;3H2,1-2H3,(H,5,6). The van der Waals surface area contributed by atoms with E-state index in [1.807, 2.05) is 13.8 Å². The molecule has 1 aromatic rings. The third-order valence-corrected chi connectivity index (χ3v) is 1.12. The third-order valence-electron chi connectivity index (χ3n) is 1.12. The number of carbonyl (C=O) groups excluding carboxylic acids is 1. The van der Waals surface area contributed by atoms with Gasteiger partial charge in [0.15, 0.2) is 0 Å². The molecule has 72 valence electrons. The maximum atomic E-state index is 9.93. The molecule has 1 N–H and O–H groups in total. The molecule has 0 spiro atoms. The van der Waals surface area contributed by atoms with Crippen molar-refractivity contribution in [1.82, 2.24) is 15.3 Å². The Morgan fingerprint density at radius 1 is 1.46 bits per heavy atom. The molecular formula is C9H15N3O. The number of hydrogen-bond acceptors (Lipinski definition) is 3. The van der Waals surface area contributed by atoms with Crippen LogP contribution in [0.4, 0.5) is 0 Å². The Hall–Kier alpha value is -1.45. The highest BCUT2D eigenvalue weighted by molar-refractivity contribution is 5.72. The summed E-state index contributed by atoms with van der Waals surface area (Å²) in [6.45, 7) is 5.99. The highest BCUT2D eigenvalue weighted by Crippen LogP contribution is 1.78. The van der Waals surface area contributed by atoms with E-state index in [0.29, 0.717) is 0 Å². The van der Waals surface area contributed by atoms with E-state index in [-0.39, 0.29) is 5.91 Å². The lowest BCUT2D eigenvalue weighted by Crippen LogP contribution is -2.18. The lowest BCUT2D eigenvalue weighted by molar-refractivity contribution is -0.118. The molecule has 0 saturated heterocycles. The molecule has 1 amide bonds. The van der Waals surface area contributed by atoms with Gasteiger partial charge in [-0.15, -0.1) is 0 Å². The lowest BCUT2D eigenvalue weighted by atomic mass is 10.6. The van der Waals surface area contributed by atoms with Crippen LogP contribution in [0.2, 0.25) is 0 Å². The van der Waals surface area contributed by atoms with Gasteiger partial charge < -0.3 is 5.32 Å². The summed E-state index contributed by atoms with van der Waals surface area (Å²) in [5.41, 5.74) is 0. The third kappa shape index (κ3) is 8.46. The van der Waals surface area contributed by atoms with Crippen LogP contribution in [-0.4, -0.2) is 22.4 Å². The van der Waals surface area contributed by atoms with Gasteiger partial charge in [-0.05, 0) is 19.9 Å². The number of hydrogen-bond donors (Lipinski definition) is 1. The Balaban J connectivity index is 0.000000226. The fourth-order valence-electron chi connectivity index (χ4n) is 0.623. The highest BCUT2D eigenvalue weighted by atomic mass is 16.1. The molecule has 0 aliphatic heterocycles. The van der Waals surface area contributed by atoms with Crippen LogP contribution in [0.1, 0.15) is 19.7 Å². The van der Waals surface area contributed by atoms with Crippen molar-refractivity contribution >= 4 is 5.91 Å². The number of carbonyl (C=O) groups is 1. The van der Waals surface area contributed by atoms with Gasteiger partial charge in [0.1, 0.15) is 5.82 Å². The number of aryl methyl sites for hydroxylation is 1. The zero-order valence-electron chi connectivity index (χ0n) is 8.24. The van der Waals surface area contributed by atoms with Crippen molar-refractivity contribution < 1.29 is 4.79 Å². The Morgan fingerprint density at radius 3 is 2.15 bits per heavy atom. The summed E-state index contributed by atoms with van der Waals surface area (Å²) in [4.78, 5) is 17.7. The molecule has 0 unspecified atom stereocenters. The molecule has 0 radical (unpaired) electrons. The molecule has 0 saturated carbocycles. The predicted molar refractivity (Wildman–Crippen MR) is 51.1 cm³/mol. The molecule has 13 heavy (non-hydrogen) atoms. The van der Waals surface area contributed by atoms with Crippen LogP contribution in [0, 0.1) is 6.92 Å². The quantitative estimate of drug-likeness (QED) is 0.701. The smallest absolute Gasteiger partial charge is 0.216 e. The molecule has 0 bridgehead atoms. The summed E-state index contributed by atoms with van der Waals surface area (Å²) in [6.07, 6.45) is 3.45. The Labute approximate surface area is 78.4 Å². The summed E-state index contributed by atoms with van der Waals surface area (Å²) in [5, 5.41) is 2.57. The average Bonchev–Trinajstić information content (AvgIpc) is 2.06. The molecule has 0 atom stereocenters. The Morgan fingerprint density at radius 2 is 2.00 bits per heavy atom. The van der Waals surface area contributed by atoms with Crippen LogP contribution < -0.4 is 5.32 Å². The van der Waals surface area contributed by atoms with Gasteiger partial charge in [0.05, 0.1) is 0 Å². The van der Waals surface area contributed by atoms with Gasteiger partial charge in [-0.1, -0.05) is 0 Å². The van der Waals surface area contributed by atoms with Crippen LogP contribution in [0.25, 0.3) is 0 Å². The van der Waals surface area contributed by atoms with E-state index in [1.54, 1.807) is 18.5 Å². The molecule has 1 heterocycles. The van der Waals surface area contributed by atoms with Gasteiger partial charge >= 0.3 is 0 Å². The van der Waals surface area contributed by atoms with Crippen molar-refractivity contribution in [2.75, 3.05) is 6.54 Å². The van der Waals surface area contributed by atoms with Crippen molar-refractivity contribution in [3.05, 3.63) is 24.3 Å². The van der Waals surface area contributed by atoms with Crippen molar-refractivity contribution in [2.45, 2.75) is 20.8 Å². The van der Waals surface area contributed by atoms with Crippen molar-refractivity contribution in [1.29, 1.82) is 0 Å². The number of amides is 1. The van der Waals surface area contributed by atoms with Gasteiger partial charge in [-0.25, -0.2) is 9.97 Å². The van der Waals surface area contributed by atoms with Gasteiger partial charge in [-0.2, -0.15) is 0 Å². The van der Waals surface area contributed by atoms with Gasteiger partial charge in [0.25, 0.3) is 0 Å². The van der Waals surface area contributed by atoms with E-state index < -0.39 is 0 Å². The number of nitrogens with one attached hydrogen (secondary N) is 1. The zero-order valence-corrected chi connectivity index (χ0v) is 8.24. The van der Waals surface area contributed by atoms with Gasteiger partial charge in [0.2, 0.25) is 5.91 Å². The topological polar surface area (TPSA) is 54.9 Å². The van der Waals surface area contributed by atoms with E-state index in [2.05, 4.69) is 15.3 Å². The summed E-state index contributed by atoms with van der Waals surface area (Å²) >= 11 is 0. The van der Waals surface area contributed by atoms with Gasteiger partial charge in [-0.3, -0.25) is 4.79 Å². The molecule has 0 aliphatic rings. The first-order valence-electron chi connectivity index (χ1n) is 4.15. The summed E-state index contributed by atoms with van der Waals surface area (Å²) < 4.78 is 0. The maximum absolute atomic E-state index is 9.93. The second-order valence-electron chi connectivity index (χ2n) is 2.38.